The van der Waals surface area contributed by atoms with E-state index in [2.05, 4.69) is 9.98 Å². The number of hydrogen-bond donors (Lipinski definition) is 4. The maximum atomic E-state index is 15.9. The van der Waals surface area contributed by atoms with Gasteiger partial charge in [-0.1, -0.05) is 12.1 Å². The molecule has 0 spiro atoms. The second kappa shape index (κ2) is 11.3. The van der Waals surface area contributed by atoms with Gasteiger partial charge in [-0.25, -0.2) is 0 Å². The summed E-state index contributed by atoms with van der Waals surface area (Å²) in [5, 5.41) is 27.3. The monoisotopic (exact) mass is 566 g/mol. The molecule has 3 heterocycles. The first-order chi connectivity index (χ1) is 19.6. The van der Waals surface area contributed by atoms with E-state index < -0.39 is 41.0 Å². The number of nitrogen functional groups attached to an aromatic ring is 1. The minimum atomic E-state index is -1.16. The minimum Gasteiger partial charge on any atom is -0.504 e. The normalized spacial score (nSPS) is 15.5. The van der Waals surface area contributed by atoms with Gasteiger partial charge in [0.05, 0.1) is 12.5 Å². The van der Waals surface area contributed by atoms with E-state index in [4.69, 9.17) is 20.6 Å². The van der Waals surface area contributed by atoms with Crippen LogP contribution in [0.2, 0.25) is 0 Å². The van der Waals surface area contributed by atoms with Crippen LogP contribution in [0.25, 0.3) is 0 Å². The van der Waals surface area contributed by atoms with Crippen molar-refractivity contribution < 1.29 is 33.3 Å². The molecule has 214 valence electrons. The highest BCUT2D eigenvalue weighted by Gasteiger charge is 2.32. The lowest BCUT2D eigenvalue weighted by Crippen LogP contribution is -2.37. The zero-order chi connectivity index (χ0) is 29.3. The number of phenolic OH excluding ortho intramolecular Hbond substituents is 1. The summed E-state index contributed by atoms with van der Waals surface area (Å²) in [5.41, 5.74) is 5.98. The molecule has 0 bridgehead atoms. The Balaban J connectivity index is 1.55. The van der Waals surface area contributed by atoms with Crippen molar-refractivity contribution in [1.82, 2.24) is 9.88 Å². The number of anilines is 1. The van der Waals surface area contributed by atoms with Crippen LogP contribution >= 0.6 is 0 Å². The van der Waals surface area contributed by atoms with Gasteiger partial charge in [0.15, 0.2) is 11.5 Å². The molecular weight excluding hydrogens is 538 g/mol. The van der Waals surface area contributed by atoms with E-state index >= 15 is 8.78 Å². The molecule has 0 atom stereocenters. The third kappa shape index (κ3) is 5.69. The number of benzene rings is 2. The molecule has 11 nitrogen and oxygen atoms in total. The number of aromatic nitrogens is 1. The Morgan fingerprint density at radius 1 is 1.07 bits per heavy atom. The van der Waals surface area contributed by atoms with Crippen molar-refractivity contribution in [2.24, 2.45) is 16.6 Å². The molecule has 1 aromatic heterocycles. The summed E-state index contributed by atoms with van der Waals surface area (Å²) >= 11 is 0. The largest absolute Gasteiger partial charge is 0.504 e. The Hall–Kier alpha value is -4.94. The fourth-order valence-electron chi connectivity index (χ4n) is 4.77. The van der Waals surface area contributed by atoms with E-state index in [9.17, 15) is 15.0 Å². The van der Waals surface area contributed by atoms with Crippen LogP contribution in [-0.2, 0) is 4.79 Å². The summed E-state index contributed by atoms with van der Waals surface area (Å²) in [4.78, 5) is 23.2. The smallest absolute Gasteiger partial charge is 0.306 e. The highest BCUT2D eigenvalue weighted by Crippen LogP contribution is 2.41. The summed E-state index contributed by atoms with van der Waals surface area (Å²) in [7, 11) is 1.90. The number of nitrogens with two attached hydrogens (primary N) is 1. The molecule has 5 rings (SSSR count). The Morgan fingerprint density at radius 2 is 1.78 bits per heavy atom. The number of aliphatic imine (C=N–C) groups is 1. The van der Waals surface area contributed by atoms with Crippen LogP contribution in [-0.4, -0.2) is 71.0 Å². The van der Waals surface area contributed by atoms with Crippen LogP contribution in [0, 0.1) is 23.0 Å². The second-order valence-electron chi connectivity index (χ2n) is 9.75. The quantitative estimate of drug-likeness (QED) is 0.234. The standard InChI is InChI=1S/C28H28F2N6O5/c1-35-12-9-33-25(35)17-3-2-4-18(13-17)40-26-21(29)23(36-10-7-15(8-11-36)28(38)39)22(30)27(34-26)41-20-14-16(24(31)32)5-6-19(20)37/h2-6,13-15,37H,7-12H2,1H3,(H3,31,32)(H,38,39). The van der Waals surface area contributed by atoms with Gasteiger partial charge in [0.2, 0.25) is 11.6 Å². The van der Waals surface area contributed by atoms with Crippen molar-refractivity contribution in [2.45, 2.75) is 12.8 Å². The highest BCUT2D eigenvalue weighted by atomic mass is 19.1. The minimum absolute atomic E-state index is 0.0699. The summed E-state index contributed by atoms with van der Waals surface area (Å²) in [6.07, 6.45) is 0.365. The topological polar surface area (TPSA) is 158 Å². The van der Waals surface area contributed by atoms with Crippen molar-refractivity contribution in [2.75, 3.05) is 38.1 Å². The maximum absolute atomic E-state index is 15.9. The number of carboxylic acids is 1. The van der Waals surface area contributed by atoms with Crippen molar-refractivity contribution in [3.05, 3.63) is 65.2 Å². The molecular formula is C28H28F2N6O5. The lowest BCUT2D eigenvalue weighted by molar-refractivity contribution is -0.142. The van der Waals surface area contributed by atoms with Crippen molar-refractivity contribution in [3.63, 3.8) is 0 Å². The Labute approximate surface area is 234 Å². The molecule has 0 aliphatic carbocycles. The fourth-order valence-corrected chi connectivity index (χ4v) is 4.77. The van der Waals surface area contributed by atoms with E-state index in [1.54, 1.807) is 18.2 Å². The number of nitrogens with zero attached hydrogens (tertiary/aromatic N) is 4. The SMILES string of the molecule is CN1CCN=C1c1cccc(Oc2nc(Oc3cc(C(=N)N)ccc3O)c(F)c(N3CCC(C(=O)O)CC3)c2F)c1. The highest BCUT2D eigenvalue weighted by molar-refractivity contribution is 6.00. The number of nitrogens with one attached hydrogen (secondary N) is 1. The van der Waals surface area contributed by atoms with Crippen molar-refractivity contribution in [3.8, 4) is 29.0 Å². The van der Waals surface area contributed by atoms with Crippen LogP contribution in [0.1, 0.15) is 24.0 Å². The number of piperidine rings is 1. The molecule has 5 N–H and O–H groups in total. The zero-order valence-corrected chi connectivity index (χ0v) is 22.1. The van der Waals surface area contributed by atoms with Gasteiger partial charge >= 0.3 is 5.97 Å². The van der Waals surface area contributed by atoms with Crippen molar-refractivity contribution in [1.29, 1.82) is 5.41 Å². The zero-order valence-electron chi connectivity index (χ0n) is 22.1. The third-order valence-corrected chi connectivity index (χ3v) is 7.00. The number of aliphatic carboxylic acids is 1. The van der Waals surface area contributed by atoms with Gasteiger partial charge in [0.1, 0.15) is 23.1 Å². The van der Waals surface area contributed by atoms with Gasteiger partial charge in [-0.15, -0.1) is 0 Å². The number of ether oxygens (including phenoxy) is 2. The fraction of sp³-hybridized carbons (Fsp3) is 0.286. The third-order valence-electron chi connectivity index (χ3n) is 7.00. The molecule has 1 saturated heterocycles. The molecule has 0 saturated carbocycles. The van der Waals surface area contributed by atoms with Crippen LogP contribution in [0.15, 0.2) is 47.5 Å². The molecule has 3 aromatic rings. The predicted molar refractivity (Wildman–Crippen MR) is 146 cm³/mol. The van der Waals surface area contributed by atoms with Gasteiger partial charge in [-0.2, -0.15) is 13.8 Å². The van der Waals surface area contributed by atoms with Gasteiger partial charge < -0.3 is 35.2 Å². The van der Waals surface area contributed by atoms with E-state index in [0.29, 0.717) is 6.54 Å². The van der Waals surface area contributed by atoms with Crippen LogP contribution in [0.4, 0.5) is 14.5 Å². The number of phenols is 1. The number of carboxylic acid groups (broad SMARTS) is 1. The Bertz CT molecular complexity index is 1540. The van der Waals surface area contributed by atoms with Gasteiger partial charge in [-0.05, 0) is 43.2 Å². The number of hydrogen-bond acceptors (Lipinski definition) is 9. The second-order valence-corrected chi connectivity index (χ2v) is 9.75. The Morgan fingerprint density at radius 3 is 2.41 bits per heavy atom. The number of halogens is 2. The molecule has 2 aliphatic heterocycles. The van der Waals surface area contributed by atoms with E-state index in [-0.39, 0.29) is 54.6 Å². The first kappa shape index (κ1) is 27.6. The molecule has 0 amide bonds. The average Bonchev–Trinajstić information content (AvgIpc) is 3.38. The van der Waals surface area contributed by atoms with Gasteiger partial charge in [0.25, 0.3) is 11.8 Å². The number of aromatic hydroxyl groups is 1. The van der Waals surface area contributed by atoms with E-state index in [1.165, 1.54) is 23.1 Å². The number of rotatable bonds is 8. The summed E-state index contributed by atoms with van der Waals surface area (Å²) in [5.74, 6) is -5.13. The van der Waals surface area contributed by atoms with Crippen LogP contribution in [0.5, 0.6) is 29.0 Å². The predicted octanol–water partition coefficient (Wildman–Crippen LogP) is 3.93. The summed E-state index contributed by atoms with van der Waals surface area (Å²) in [6, 6.07) is 10.6. The first-order valence-corrected chi connectivity index (χ1v) is 12.9. The van der Waals surface area contributed by atoms with E-state index in [1.807, 2.05) is 18.0 Å². The molecule has 1 fully saturated rings. The Kier molecular flexibility index (Phi) is 7.60. The average molecular weight is 567 g/mol. The van der Waals surface area contributed by atoms with Gasteiger partial charge in [0, 0.05) is 37.8 Å². The molecule has 2 aromatic carbocycles. The molecule has 13 heteroatoms. The number of amidine groups is 2. The number of likely N-dealkylation sites (N-methyl/N-ethyl adjacent to an activating group) is 1. The lowest BCUT2D eigenvalue weighted by Gasteiger charge is -2.32. The molecule has 41 heavy (non-hydrogen) atoms. The lowest BCUT2D eigenvalue weighted by atomic mass is 9.97. The van der Waals surface area contributed by atoms with Crippen molar-refractivity contribution >= 4 is 23.3 Å². The maximum Gasteiger partial charge on any atom is 0.306 e. The van der Waals surface area contributed by atoms with Crippen LogP contribution < -0.4 is 20.1 Å². The summed E-state index contributed by atoms with van der Waals surface area (Å²) < 4.78 is 43.2. The van der Waals surface area contributed by atoms with Crippen LogP contribution in [0.3, 0.4) is 0 Å². The first-order valence-electron chi connectivity index (χ1n) is 12.9. The van der Waals surface area contributed by atoms with E-state index in [0.717, 1.165) is 17.9 Å². The molecule has 2 aliphatic rings. The number of carbonyl (C=O) groups is 1. The molecule has 0 radical (unpaired) electrons. The molecule has 0 unspecified atom stereocenters. The summed E-state index contributed by atoms with van der Waals surface area (Å²) in [6.45, 7) is 1.54. The van der Waals surface area contributed by atoms with Gasteiger partial charge in [-0.3, -0.25) is 15.2 Å². The number of pyridine rings is 1.